The minimum absolute atomic E-state index is 0.131. The predicted octanol–water partition coefficient (Wildman–Crippen LogP) is 3.87. The van der Waals surface area contributed by atoms with Crippen molar-refractivity contribution in [2.24, 2.45) is 0 Å². The van der Waals surface area contributed by atoms with Crippen molar-refractivity contribution in [2.45, 2.75) is 26.0 Å². The number of ether oxygens (including phenoxy) is 1. The van der Waals surface area contributed by atoms with Crippen LogP contribution in [0.25, 0.3) is 0 Å². The van der Waals surface area contributed by atoms with Crippen LogP contribution in [0.15, 0.2) is 79.0 Å². The van der Waals surface area contributed by atoms with Gasteiger partial charge in [-0.2, -0.15) is 0 Å². The van der Waals surface area contributed by atoms with Gasteiger partial charge in [-0.3, -0.25) is 4.79 Å². The first-order chi connectivity index (χ1) is 14.1. The number of aryl methyl sites for hydroxylation is 1. The van der Waals surface area contributed by atoms with E-state index < -0.39 is 12.1 Å². The van der Waals surface area contributed by atoms with Gasteiger partial charge in [0, 0.05) is 12.6 Å². The molecule has 0 fully saturated rings. The lowest BCUT2D eigenvalue weighted by Crippen LogP contribution is -2.45. The Balaban J connectivity index is 1.66. The first-order valence-electron chi connectivity index (χ1n) is 9.35. The van der Waals surface area contributed by atoms with E-state index in [2.05, 4.69) is 15.6 Å². The molecular weight excluding hydrogens is 366 g/mol. The lowest BCUT2D eigenvalue weighted by atomic mass is 10.1. The Hall–Kier alpha value is -3.67. The van der Waals surface area contributed by atoms with E-state index in [0.717, 1.165) is 16.7 Å². The average molecular weight is 389 g/mol. The minimum atomic E-state index is -0.803. The van der Waals surface area contributed by atoms with Crippen LogP contribution in [-0.4, -0.2) is 23.0 Å². The Kier molecular flexibility index (Phi) is 6.95. The second-order valence-electron chi connectivity index (χ2n) is 6.66. The van der Waals surface area contributed by atoms with E-state index in [1.54, 1.807) is 12.3 Å². The first-order valence-corrected chi connectivity index (χ1v) is 9.35. The molecule has 6 nitrogen and oxygen atoms in total. The number of benzene rings is 2. The molecule has 0 saturated heterocycles. The van der Waals surface area contributed by atoms with Gasteiger partial charge in [0.15, 0.2) is 0 Å². The molecule has 3 aromatic rings. The summed E-state index contributed by atoms with van der Waals surface area (Å²) >= 11 is 0. The maximum atomic E-state index is 12.8. The van der Waals surface area contributed by atoms with Crippen LogP contribution in [0.3, 0.4) is 0 Å². The number of aromatic nitrogens is 1. The summed E-state index contributed by atoms with van der Waals surface area (Å²) in [7, 11) is 0. The summed E-state index contributed by atoms with van der Waals surface area (Å²) in [5.41, 5.74) is 2.77. The highest BCUT2D eigenvalue weighted by Crippen LogP contribution is 2.09. The van der Waals surface area contributed by atoms with Gasteiger partial charge in [0.05, 0.1) is 0 Å². The van der Waals surface area contributed by atoms with Gasteiger partial charge in [-0.25, -0.2) is 9.78 Å². The number of alkyl carbamates (subject to hydrolysis) is 1. The standard InChI is InChI=1S/C23H23N3O3/c1-17-12-13-24-21(14-17)26-22(27)20(15-18-8-4-2-5-9-18)25-23(28)29-16-19-10-6-3-7-11-19/h2-14,20H,15-16H2,1H3,(H,25,28)(H,24,26,27)/t20-/m0/s1. The number of amides is 2. The van der Waals surface area contributed by atoms with Crippen LogP contribution >= 0.6 is 0 Å². The van der Waals surface area contributed by atoms with Crippen molar-refractivity contribution in [2.75, 3.05) is 5.32 Å². The maximum Gasteiger partial charge on any atom is 0.408 e. The highest BCUT2D eigenvalue weighted by Gasteiger charge is 2.22. The molecule has 2 amide bonds. The van der Waals surface area contributed by atoms with Crippen LogP contribution in [0, 0.1) is 6.92 Å². The van der Waals surface area contributed by atoms with E-state index in [4.69, 9.17) is 4.74 Å². The summed E-state index contributed by atoms with van der Waals surface area (Å²) in [4.78, 5) is 29.3. The lowest BCUT2D eigenvalue weighted by molar-refractivity contribution is -0.118. The quantitative estimate of drug-likeness (QED) is 0.643. The van der Waals surface area contributed by atoms with Gasteiger partial charge in [-0.05, 0) is 35.7 Å². The van der Waals surface area contributed by atoms with Crippen molar-refractivity contribution in [1.29, 1.82) is 0 Å². The zero-order valence-corrected chi connectivity index (χ0v) is 16.2. The summed E-state index contributed by atoms with van der Waals surface area (Å²) in [6, 6.07) is 21.7. The van der Waals surface area contributed by atoms with Crippen LogP contribution in [0.5, 0.6) is 0 Å². The number of nitrogens with zero attached hydrogens (tertiary/aromatic N) is 1. The second kappa shape index (κ2) is 10.0. The molecule has 1 atom stereocenters. The number of pyridine rings is 1. The Bertz CT molecular complexity index is 946. The molecule has 29 heavy (non-hydrogen) atoms. The smallest absolute Gasteiger partial charge is 0.408 e. The van der Waals surface area contributed by atoms with Crippen molar-refractivity contribution >= 4 is 17.8 Å². The molecule has 0 bridgehead atoms. The normalized spacial score (nSPS) is 11.3. The van der Waals surface area contributed by atoms with E-state index in [0.29, 0.717) is 12.2 Å². The molecule has 0 spiro atoms. The zero-order valence-electron chi connectivity index (χ0n) is 16.2. The summed E-state index contributed by atoms with van der Waals surface area (Å²) in [5.74, 6) is 0.0797. The third-order valence-corrected chi connectivity index (χ3v) is 4.27. The molecule has 2 N–H and O–H groups in total. The molecule has 0 radical (unpaired) electrons. The van der Waals surface area contributed by atoms with Gasteiger partial charge in [-0.1, -0.05) is 60.7 Å². The molecule has 0 unspecified atom stereocenters. The van der Waals surface area contributed by atoms with Crippen LogP contribution < -0.4 is 10.6 Å². The molecule has 0 saturated carbocycles. The van der Waals surface area contributed by atoms with Crippen LogP contribution in [0.1, 0.15) is 16.7 Å². The lowest BCUT2D eigenvalue weighted by Gasteiger charge is -2.18. The van der Waals surface area contributed by atoms with Crippen molar-refractivity contribution in [3.63, 3.8) is 0 Å². The van der Waals surface area contributed by atoms with Gasteiger partial charge in [-0.15, -0.1) is 0 Å². The van der Waals surface area contributed by atoms with E-state index in [1.807, 2.05) is 73.7 Å². The van der Waals surface area contributed by atoms with Crippen molar-refractivity contribution in [1.82, 2.24) is 10.3 Å². The number of nitrogens with one attached hydrogen (secondary N) is 2. The Morgan fingerprint density at radius 1 is 0.966 bits per heavy atom. The molecule has 148 valence electrons. The summed E-state index contributed by atoms with van der Waals surface area (Å²) in [5, 5.41) is 5.43. The fourth-order valence-corrected chi connectivity index (χ4v) is 2.78. The predicted molar refractivity (Wildman–Crippen MR) is 111 cm³/mol. The molecule has 3 rings (SSSR count). The second-order valence-corrected chi connectivity index (χ2v) is 6.66. The molecule has 0 aliphatic carbocycles. The fraction of sp³-hybridized carbons (Fsp3) is 0.174. The Morgan fingerprint density at radius 3 is 2.28 bits per heavy atom. The van der Waals surface area contributed by atoms with Gasteiger partial charge in [0.1, 0.15) is 18.5 Å². The molecule has 1 heterocycles. The zero-order chi connectivity index (χ0) is 20.5. The molecular formula is C23H23N3O3. The summed E-state index contributed by atoms with van der Waals surface area (Å²) in [6.07, 6.45) is 1.31. The molecule has 6 heteroatoms. The monoisotopic (exact) mass is 389 g/mol. The topological polar surface area (TPSA) is 80.3 Å². The Labute approximate surface area is 169 Å². The number of carbonyl (C=O) groups excluding carboxylic acids is 2. The first kappa shape index (κ1) is 20.1. The van der Waals surface area contributed by atoms with Crippen molar-refractivity contribution in [3.8, 4) is 0 Å². The average Bonchev–Trinajstić information content (AvgIpc) is 2.73. The SMILES string of the molecule is Cc1ccnc(NC(=O)[C@H](Cc2ccccc2)NC(=O)OCc2ccccc2)c1. The fourth-order valence-electron chi connectivity index (χ4n) is 2.78. The number of carbonyl (C=O) groups is 2. The minimum Gasteiger partial charge on any atom is -0.445 e. The van der Waals surface area contributed by atoms with Gasteiger partial charge >= 0.3 is 6.09 Å². The molecule has 0 aliphatic rings. The molecule has 1 aromatic heterocycles. The summed E-state index contributed by atoms with van der Waals surface area (Å²) in [6.45, 7) is 2.05. The number of rotatable bonds is 7. The number of hydrogen-bond donors (Lipinski definition) is 2. The third kappa shape index (κ3) is 6.46. The van der Waals surface area contributed by atoms with Crippen LogP contribution in [0.4, 0.5) is 10.6 Å². The van der Waals surface area contributed by atoms with Crippen LogP contribution in [0.2, 0.25) is 0 Å². The van der Waals surface area contributed by atoms with Crippen molar-refractivity contribution in [3.05, 3.63) is 95.7 Å². The summed E-state index contributed by atoms with van der Waals surface area (Å²) < 4.78 is 5.27. The highest BCUT2D eigenvalue weighted by molar-refractivity contribution is 5.96. The highest BCUT2D eigenvalue weighted by atomic mass is 16.5. The molecule has 2 aromatic carbocycles. The number of anilines is 1. The van der Waals surface area contributed by atoms with E-state index in [9.17, 15) is 9.59 Å². The van der Waals surface area contributed by atoms with Gasteiger partial charge in [0.2, 0.25) is 5.91 Å². The van der Waals surface area contributed by atoms with E-state index in [1.165, 1.54) is 0 Å². The van der Waals surface area contributed by atoms with Crippen molar-refractivity contribution < 1.29 is 14.3 Å². The van der Waals surface area contributed by atoms with Gasteiger partial charge < -0.3 is 15.4 Å². The molecule has 0 aliphatic heterocycles. The van der Waals surface area contributed by atoms with E-state index >= 15 is 0 Å². The third-order valence-electron chi connectivity index (χ3n) is 4.27. The largest absolute Gasteiger partial charge is 0.445 e. The van der Waals surface area contributed by atoms with Crippen LogP contribution in [-0.2, 0) is 22.6 Å². The number of hydrogen-bond acceptors (Lipinski definition) is 4. The van der Waals surface area contributed by atoms with Gasteiger partial charge in [0.25, 0.3) is 0 Å². The maximum absolute atomic E-state index is 12.8. The Morgan fingerprint density at radius 2 is 1.62 bits per heavy atom. The van der Waals surface area contributed by atoms with E-state index in [-0.39, 0.29) is 12.5 Å².